The van der Waals surface area contributed by atoms with Gasteiger partial charge in [0.15, 0.2) is 0 Å². The first kappa shape index (κ1) is 30.9. The Morgan fingerprint density at radius 3 is 2.07 bits per heavy atom. The lowest BCUT2D eigenvalue weighted by Crippen LogP contribution is -2.62. The molecule has 1 N–H and O–H groups in total. The lowest BCUT2D eigenvalue weighted by molar-refractivity contribution is -0.142. The molecule has 45 heavy (non-hydrogen) atoms. The Labute approximate surface area is 267 Å². The van der Waals surface area contributed by atoms with Gasteiger partial charge in [-0.25, -0.2) is 4.79 Å². The van der Waals surface area contributed by atoms with Gasteiger partial charge in [-0.3, -0.25) is 9.59 Å². The molecule has 1 aliphatic carbocycles. The maximum atomic E-state index is 14.1. The molecule has 7 nitrogen and oxygen atoms in total. The first-order chi connectivity index (χ1) is 22.1. The van der Waals surface area contributed by atoms with E-state index in [-0.39, 0.29) is 36.1 Å². The number of fused-ring (bicyclic) bond motifs is 1. The fourth-order valence-corrected chi connectivity index (χ4v) is 7.58. The van der Waals surface area contributed by atoms with Crippen LogP contribution in [0.4, 0.5) is 4.79 Å². The Morgan fingerprint density at radius 2 is 1.42 bits per heavy atom. The zero-order valence-electron chi connectivity index (χ0n) is 26.2. The highest BCUT2D eigenvalue weighted by Crippen LogP contribution is 2.30. The van der Waals surface area contributed by atoms with E-state index in [0.717, 1.165) is 24.8 Å². The molecule has 2 atom stereocenters. The van der Waals surface area contributed by atoms with Crippen molar-refractivity contribution in [3.8, 4) is 0 Å². The van der Waals surface area contributed by atoms with Gasteiger partial charge in [0, 0.05) is 38.5 Å². The van der Waals surface area contributed by atoms with E-state index in [0.29, 0.717) is 45.1 Å². The molecule has 2 saturated heterocycles. The van der Waals surface area contributed by atoms with E-state index in [1.807, 2.05) is 45.0 Å². The van der Waals surface area contributed by atoms with E-state index in [1.165, 1.54) is 30.4 Å². The minimum Gasteiger partial charge on any atom is -0.338 e. The van der Waals surface area contributed by atoms with Crippen LogP contribution in [0, 0.1) is 11.8 Å². The highest BCUT2D eigenvalue weighted by molar-refractivity contribution is 5.85. The minimum absolute atomic E-state index is 0.0302. The second kappa shape index (κ2) is 14.8. The number of hydrogen-bond donors (Lipinski definition) is 1. The number of urea groups is 1. The van der Waals surface area contributed by atoms with E-state index in [2.05, 4.69) is 66.0 Å². The summed E-state index contributed by atoms with van der Waals surface area (Å²) in [6.45, 7) is 2.28. The normalized spacial score (nSPS) is 21.0. The number of nitrogens with one attached hydrogen (secondary N) is 1. The molecule has 3 aliphatic rings. The van der Waals surface area contributed by atoms with Crippen molar-refractivity contribution in [1.82, 2.24) is 20.0 Å². The molecule has 3 fully saturated rings. The molecular weight excluding hydrogens is 560 g/mol. The second-order valence-corrected chi connectivity index (χ2v) is 13.0. The van der Waals surface area contributed by atoms with Crippen LogP contribution in [-0.2, 0) is 16.0 Å². The third-order valence-electron chi connectivity index (χ3n) is 9.97. The highest BCUT2D eigenvalue weighted by Gasteiger charge is 2.44. The lowest BCUT2D eigenvalue weighted by Gasteiger charge is -2.44. The maximum absolute atomic E-state index is 14.1. The van der Waals surface area contributed by atoms with Crippen molar-refractivity contribution in [3.63, 3.8) is 0 Å². The number of benzene rings is 3. The molecule has 2 aliphatic heterocycles. The van der Waals surface area contributed by atoms with Gasteiger partial charge in [0.05, 0.1) is 12.5 Å². The van der Waals surface area contributed by atoms with Crippen LogP contribution < -0.4 is 5.32 Å². The molecule has 236 valence electrons. The molecule has 3 aromatic rings. The Bertz CT molecular complexity index is 1370. The molecule has 0 aromatic heterocycles. The van der Waals surface area contributed by atoms with E-state index in [1.54, 1.807) is 0 Å². The summed E-state index contributed by atoms with van der Waals surface area (Å²) < 4.78 is 0. The number of nitrogens with zero attached hydrogens (tertiary/aromatic N) is 3. The Morgan fingerprint density at radius 1 is 0.800 bits per heavy atom. The van der Waals surface area contributed by atoms with Gasteiger partial charge in [-0.05, 0) is 48.3 Å². The average molecular weight is 607 g/mol. The quantitative estimate of drug-likeness (QED) is 0.322. The first-order valence-corrected chi connectivity index (χ1v) is 16.8. The smallest absolute Gasteiger partial charge is 0.319 e. The molecule has 3 aromatic carbocycles. The Kier molecular flexibility index (Phi) is 10.1. The molecule has 2 heterocycles. The monoisotopic (exact) mass is 606 g/mol. The van der Waals surface area contributed by atoms with Crippen molar-refractivity contribution < 1.29 is 14.4 Å². The van der Waals surface area contributed by atoms with Crippen molar-refractivity contribution in [2.24, 2.45) is 11.8 Å². The summed E-state index contributed by atoms with van der Waals surface area (Å²) in [5.74, 6) is 0.446. The molecular formula is C38H46N4O3. The fourth-order valence-electron chi connectivity index (χ4n) is 7.58. The standard InChI is InChI=1S/C38H46N4O3/c43-36-22-24-41(38(45)39-23-21-34(31-17-9-3-10-18-31)32-19-11-4-12-20-32)35-28-40(26-30-15-7-2-8-16-30)37(44)33(27-42(35)36)25-29-13-5-1-6-14-29/h1,3-6,9-14,17-20,30,33-35H,2,7-8,15-16,21-28H2,(H,39,45)/t33-,35?/m1/s1. The number of hydrogen-bond acceptors (Lipinski definition) is 3. The van der Waals surface area contributed by atoms with Crippen LogP contribution in [-0.4, -0.2) is 71.4 Å². The van der Waals surface area contributed by atoms with Gasteiger partial charge < -0.3 is 20.0 Å². The summed E-state index contributed by atoms with van der Waals surface area (Å²) in [4.78, 5) is 47.0. The summed E-state index contributed by atoms with van der Waals surface area (Å²) in [5.41, 5.74) is 3.54. The Balaban J connectivity index is 1.19. The van der Waals surface area contributed by atoms with Gasteiger partial charge in [-0.2, -0.15) is 0 Å². The molecule has 0 radical (unpaired) electrons. The topological polar surface area (TPSA) is 73.0 Å². The maximum Gasteiger partial charge on any atom is 0.319 e. The largest absolute Gasteiger partial charge is 0.338 e. The van der Waals surface area contributed by atoms with Gasteiger partial charge in [-0.1, -0.05) is 110 Å². The molecule has 1 saturated carbocycles. The fraction of sp³-hybridized carbons (Fsp3) is 0.447. The molecule has 7 heteroatoms. The molecule has 0 spiro atoms. The summed E-state index contributed by atoms with van der Waals surface area (Å²) in [7, 11) is 0. The van der Waals surface area contributed by atoms with Crippen LogP contribution >= 0.6 is 0 Å². The highest BCUT2D eigenvalue weighted by atomic mass is 16.2. The number of carbonyl (C=O) groups is 3. The molecule has 1 unspecified atom stereocenters. The van der Waals surface area contributed by atoms with Crippen LogP contribution in [0.5, 0.6) is 0 Å². The van der Waals surface area contributed by atoms with Crippen LogP contribution in [0.1, 0.15) is 67.6 Å². The number of amides is 4. The Hall–Kier alpha value is -4.13. The zero-order chi connectivity index (χ0) is 31.0. The van der Waals surface area contributed by atoms with Gasteiger partial charge in [0.1, 0.15) is 6.17 Å². The van der Waals surface area contributed by atoms with E-state index in [4.69, 9.17) is 0 Å². The number of carbonyl (C=O) groups excluding carboxylic acids is 3. The van der Waals surface area contributed by atoms with Crippen LogP contribution in [0.25, 0.3) is 0 Å². The molecule has 0 bridgehead atoms. The van der Waals surface area contributed by atoms with Crippen molar-refractivity contribution in [2.45, 2.75) is 63.5 Å². The van der Waals surface area contributed by atoms with Crippen molar-refractivity contribution in [1.29, 1.82) is 0 Å². The summed E-state index contributed by atoms with van der Waals surface area (Å²) in [5, 5.41) is 3.19. The van der Waals surface area contributed by atoms with E-state index >= 15 is 0 Å². The van der Waals surface area contributed by atoms with Gasteiger partial charge in [0.25, 0.3) is 0 Å². The molecule has 6 rings (SSSR count). The summed E-state index contributed by atoms with van der Waals surface area (Å²) >= 11 is 0. The predicted molar refractivity (Wildman–Crippen MR) is 176 cm³/mol. The van der Waals surface area contributed by atoms with Crippen LogP contribution in [0.2, 0.25) is 0 Å². The number of rotatable bonds is 9. The predicted octanol–water partition coefficient (Wildman–Crippen LogP) is 6.06. The average Bonchev–Trinajstić information content (AvgIpc) is 3.21. The van der Waals surface area contributed by atoms with Crippen LogP contribution in [0.15, 0.2) is 91.0 Å². The molecule has 4 amide bonds. The third-order valence-corrected chi connectivity index (χ3v) is 9.97. The van der Waals surface area contributed by atoms with Crippen molar-refractivity contribution in [3.05, 3.63) is 108 Å². The van der Waals surface area contributed by atoms with Crippen molar-refractivity contribution in [2.75, 3.05) is 32.7 Å². The zero-order valence-corrected chi connectivity index (χ0v) is 26.2. The van der Waals surface area contributed by atoms with Crippen molar-refractivity contribution >= 4 is 17.8 Å². The second-order valence-electron chi connectivity index (χ2n) is 13.0. The summed E-state index contributed by atoms with van der Waals surface area (Å²) in [6, 6.07) is 30.8. The van der Waals surface area contributed by atoms with Gasteiger partial charge >= 0.3 is 6.03 Å². The SMILES string of the molecule is O=C1[C@H](Cc2ccccc2)CN2C(=O)CCN(C(=O)NCCC(c3ccccc3)c3ccccc3)C2CN1CC1CCCCC1. The van der Waals surface area contributed by atoms with Gasteiger partial charge in [0.2, 0.25) is 11.8 Å². The van der Waals surface area contributed by atoms with E-state index < -0.39 is 6.17 Å². The summed E-state index contributed by atoms with van der Waals surface area (Å²) in [6.07, 6.45) is 7.09. The third kappa shape index (κ3) is 7.58. The lowest BCUT2D eigenvalue weighted by atomic mass is 9.88. The van der Waals surface area contributed by atoms with Gasteiger partial charge in [-0.15, -0.1) is 0 Å². The van der Waals surface area contributed by atoms with E-state index in [9.17, 15) is 14.4 Å². The minimum atomic E-state index is -0.460. The first-order valence-electron chi connectivity index (χ1n) is 16.8. The van der Waals surface area contributed by atoms with Crippen LogP contribution in [0.3, 0.4) is 0 Å².